The van der Waals surface area contributed by atoms with Crippen LogP contribution in [0.5, 0.6) is 0 Å². The number of esters is 2. The largest absolute Gasteiger partial charge is 1.00 e. The Morgan fingerprint density at radius 2 is 1.47 bits per heavy atom. The van der Waals surface area contributed by atoms with E-state index >= 15 is 0 Å². The van der Waals surface area contributed by atoms with Crippen LogP contribution in [0.2, 0.25) is 0 Å². The summed E-state index contributed by atoms with van der Waals surface area (Å²) in [5.41, 5.74) is 3.23. The van der Waals surface area contributed by atoms with Gasteiger partial charge in [0, 0.05) is 41.5 Å². The first-order valence-corrected chi connectivity index (χ1v) is 10.8. The van der Waals surface area contributed by atoms with E-state index in [1.807, 2.05) is 83.7 Å². The Balaban J connectivity index is 0.00000204. The molecule has 0 atom stereocenters. The van der Waals surface area contributed by atoms with Crippen LogP contribution in [0.1, 0.15) is 18.4 Å². The monoisotopic (exact) mass is 684 g/mol. The van der Waals surface area contributed by atoms with E-state index in [1.54, 1.807) is 0 Å². The van der Waals surface area contributed by atoms with Crippen molar-refractivity contribution in [1.82, 2.24) is 0 Å². The summed E-state index contributed by atoms with van der Waals surface area (Å²) in [5, 5.41) is 2.24. The lowest BCUT2D eigenvalue weighted by atomic mass is 10.1. The molecule has 178 valence electrons. The number of rotatable bonds is 9. The summed E-state index contributed by atoms with van der Waals surface area (Å²) in [6.45, 7) is 1.09. The van der Waals surface area contributed by atoms with Gasteiger partial charge in [0.05, 0.1) is 19.4 Å². The number of benzene rings is 2. The van der Waals surface area contributed by atoms with E-state index in [1.165, 1.54) is 0 Å². The molecule has 6 nitrogen and oxygen atoms in total. The third-order valence-corrected chi connectivity index (χ3v) is 5.35. The predicted octanol–water partition coefficient (Wildman–Crippen LogP) is -2.79. The first-order chi connectivity index (χ1) is 15.7. The highest BCUT2D eigenvalue weighted by Crippen LogP contribution is 2.14. The van der Waals surface area contributed by atoms with Gasteiger partial charge >= 0.3 is 11.9 Å². The van der Waals surface area contributed by atoms with Crippen LogP contribution < -0.4 is 57.5 Å². The molecule has 0 saturated heterocycles. The van der Waals surface area contributed by atoms with Gasteiger partial charge in [0.15, 0.2) is 25.5 Å². The highest BCUT2D eigenvalue weighted by molar-refractivity contribution is 5.79. The average molecular weight is 684 g/mol. The van der Waals surface area contributed by atoms with Crippen LogP contribution in [0.15, 0.2) is 79.1 Å². The van der Waals surface area contributed by atoms with E-state index in [0.717, 1.165) is 27.4 Å². The molecule has 8 heteroatoms. The first-order valence-electron chi connectivity index (χ1n) is 10.8. The van der Waals surface area contributed by atoms with Gasteiger partial charge in [-0.05, 0) is 23.8 Å². The Morgan fingerprint density at radius 1 is 0.794 bits per heavy atom. The molecule has 34 heavy (non-hydrogen) atoms. The Labute approximate surface area is 232 Å². The van der Waals surface area contributed by atoms with E-state index in [4.69, 9.17) is 9.47 Å². The molecule has 2 aromatic heterocycles. The molecule has 0 aliphatic carbocycles. The lowest BCUT2D eigenvalue weighted by molar-refractivity contribution is -0.672. The van der Waals surface area contributed by atoms with Crippen LogP contribution in [0.4, 0.5) is 0 Å². The summed E-state index contributed by atoms with van der Waals surface area (Å²) >= 11 is 0. The molecule has 0 aliphatic heterocycles. The molecule has 0 aliphatic rings. The van der Waals surface area contributed by atoms with Gasteiger partial charge in [0.25, 0.3) is 0 Å². The van der Waals surface area contributed by atoms with Crippen LogP contribution >= 0.6 is 0 Å². The van der Waals surface area contributed by atoms with E-state index < -0.39 is 11.9 Å². The molecule has 2 aromatic carbocycles. The highest BCUT2D eigenvalue weighted by Gasteiger charge is 2.12. The number of carbonyl (C=O) groups is 2. The van der Waals surface area contributed by atoms with Crippen molar-refractivity contribution in [2.24, 2.45) is 0 Å². The van der Waals surface area contributed by atoms with Crippen LogP contribution in [-0.4, -0.2) is 25.2 Å². The van der Waals surface area contributed by atoms with Crippen molar-refractivity contribution in [3.05, 3.63) is 84.7 Å². The van der Waals surface area contributed by atoms with Gasteiger partial charge in [-0.1, -0.05) is 24.3 Å². The molecule has 0 saturated carbocycles. The number of fused-ring (bicyclic) bond motifs is 2. The molecule has 4 rings (SSSR count). The van der Waals surface area contributed by atoms with Crippen molar-refractivity contribution < 1.29 is 76.6 Å². The number of carbonyl (C=O) groups excluding carboxylic acids is 2. The number of para-hydroxylation sites is 2. The minimum Gasteiger partial charge on any atom is -1.00 e. The SMILES string of the molecule is O=C(CCC(=O)OCC[n+]1cccc2ccccc21)OCCc1cc[nH+]c2ccccc12.[I-].[I-]. The number of nitrogens with one attached hydrogen (secondary N) is 1. The van der Waals surface area contributed by atoms with Crippen molar-refractivity contribution in [1.29, 1.82) is 0 Å². The molecule has 0 spiro atoms. The minimum atomic E-state index is -0.396. The van der Waals surface area contributed by atoms with E-state index in [2.05, 4.69) is 4.98 Å². The number of aromatic amines is 1. The lowest BCUT2D eigenvalue weighted by Crippen LogP contribution is -3.00. The Hall–Kier alpha value is -2.34. The van der Waals surface area contributed by atoms with E-state index in [0.29, 0.717) is 13.0 Å². The Bertz CT molecular complexity index is 1140. The van der Waals surface area contributed by atoms with Crippen molar-refractivity contribution >= 4 is 33.7 Å². The van der Waals surface area contributed by atoms with Gasteiger partial charge in [-0.3, -0.25) is 9.59 Å². The zero-order valence-corrected chi connectivity index (χ0v) is 22.9. The predicted molar refractivity (Wildman–Crippen MR) is 120 cm³/mol. The maximum atomic E-state index is 12.0. The Morgan fingerprint density at radius 3 is 2.29 bits per heavy atom. The molecule has 2 heterocycles. The maximum absolute atomic E-state index is 12.0. The fourth-order valence-electron chi connectivity index (χ4n) is 3.73. The van der Waals surface area contributed by atoms with Gasteiger partial charge in [-0.15, -0.1) is 0 Å². The van der Waals surface area contributed by atoms with Gasteiger partial charge in [0.2, 0.25) is 11.0 Å². The summed E-state index contributed by atoms with van der Waals surface area (Å²) in [6.07, 6.45) is 4.49. The number of hydrogen-bond acceptors (Lipinski definition) is 4. The number of nitrogens with zero attached hydrogens (tertiary/aromatic N) is 1. The van der Waals surface area contributed by atoms with Crippen molar-refractivity contribution in [2.45, 2.75) is 25.8 Å². The van der Waals surface area contributed by atoms with Gasteiger partial charge in [0.1, 0.15) is 0 Å². The summed E-state index contributed by atoms with van der Waals surface area (Å²) in [6, 6.07) is 22.1. The molecule has 0 unspecified atom stereocenters. The van der Waals surface area contributed by atoms with Gasteiger partial charge in [-0.2, -0.15) is 4.57 Å². The summed E-state index contributed by atoms with van der Waals surface area (Å²) in [4.78, 5) is 27.2. The van der Waals surface area contributed by atoms with Crippen molar-refractivity contribution in [2.75, 3.05) is 13.2 Å². The zero-order valence-electron chi connectivity index (χ0n) is 18.6. The number of H-pyrrole nitrogens is 1. The normalized spacial score (nSPS) is 10.2. The van der Waals surface area contributed by atoms with Crippen LogP contribution in [0.25, 0.3) is 21.8 Å². The fourth-order valence-corrected chi connectivity index (χ4v) is 3.73. The second kappa shape index (κ2) is 14.1. The van der Waals surface area contributed by atoms with Crippen molar-refractivity contribution in [3.63, 3.8) is 0 Å². The summed E-state index contributed by atoms with van der Waals surface area (Å²) in [7, 11) is 0. The van der Waals surface area contributed by atoms with Gasteiger partial charge < -0.3 is 57.4 Å². The third kappa shape index (κ3) is 7.59. The zero-order chi connectivity index (χ0) is 22.2. The molecule has 4 aromatic rings. The number of aromatic nitrogens is 2. The lowest BCUT2D eigenvalue weighted by Gasteiger charge is -2.06. The standard InChI is InChI=1S/C26H25N2O4.2HI/c29-25(31-18-14-20-13-15-27-23-9-3-2-8-22(20)23)11-12-26(30)32-19-17-28-16-5-7-21-6-1-4-10-24(21)28;;/h1-10,13,15-16H,11-12,14,17-19H2;2*1H/q+1;;/p-1. The summed E-state index contributed by atoms with van der Waals surface area (Å²) < 4.78 is 12.6. The molecule has 0 amide bonds. The molecular formula is C26H26I2N2O4. The fraction of sp³-hybridized carbons (Fsp3) is 0.231. The Kier molecular flexibility index (Phi) is 11.6. The molecule has 0 fully saturated rings. The van der Waals surface area contributed by atoms with E-state index in [9.17, 15) is 9.59 Å². The quantitative estimate of drug-likeness (QED) is 0.109. The van der Waals surface area contributed by atoms with E-state index in [-0.39, 0.29) is 74.0 Å². The molecule has 1 N–H and O–H groups in total. The summed E-state index contributed by atoms with van der Waals surface area (Å²) in [5.74, 6) is -0.787. The maximum Gasteiger partial charge on any atom is 0.306 e. The number of pyridine rings is 2. The highest BCUT2D eigenvalue weighted by atomic mass is 127. The second-order valence-electron chi connectivity index (χ2n) is 7.50. The molecule has 0 bridgehead atoms. The second-order valence-corrected chi connectivity index (χ2v) is 7.50. The topological polar surface area (TPSA) is 70.6 Å². The van der Waals surface area contributed by atoms with Crippen LogP contribution in [0.3, 0.4) is 0 Å². The minimum absolute atomic E-state index is 0. The van der Waals surface area contributed by atoms with Crippen LogP contribution in [-0.2, 0) is 32.0 Å². The van der Waals surface area contributed by atoms with Crippen molar-refractivity contribution in [3.8, 4) is 0 Å². The molecular weight excluding hydrogens is 658 g/mol. The molecule has 0 radical (unpaired) electrons. The smallest absolute Gasteiger partial charge is 0.306 e. The first kappa shape index (κ1) is 27.9. The van der Waals surface area contributed by atoms with Gasteiger partial charge in [-0.25, -0.2) is 4.98 Å². The van der Waals surface area contributed by atoms with Crippen LogP contribution in [0, 0.1) is 0 Å². The number of hydrogen-bond donors (Lipinski definition) is 0. The third-order valence-electron chi connectivity index (χ3n) is 5.35. The average Bonchev–Trinajstić information content (AvgIpc) is 2.83. The number of halogens is 2. The number of ether oxygens (including phenoxy) is 2.